The standard InChI is InChI=1S/C13H13BrN2O2/c1-17-12-4-3-9(7-13(12)18-2)16-11-5-6-15-8-10(11)14/h3-8H,1-2H3,(H,15,16). The number of nitrogens with one attached hydrogen (secondary N) is 1. The Bertz CT molecular complexity index is 546. The maximum absolute atomic E-state index is 5.26. The van der Waals surface area contributed by atoms with Crippen LogP contribution in [0.4, 0.5) is 11.4 Å². The molecule has 18 heavy (non-hydrogen) atoms. The second kappa shape index (κ2) is 5.73. The van der Waals surface area contributed by atoms with Gasteiger partial charge in [0.05, 0.1) is 24.4 Å². The van der Waals surface area contributed by atoms with Gasteiger partial charge >= 0.3 is 0 Å². The van der Waals surface area contributed by atoms with E-state index in [9.17, 15) is 0 Å². The highest BCUT2D eigenvalue weighted by molar-refractivity contribution is 9.10. The number of hydrogen-bond donors (Lipinski definition) is 1. The molecule has 1 heterocycles. The van der Waals surface area contributed by atoms with Crippen LogP contribution >= 0.6 is 15.9 Å². The number of hydrogen-bond acceptors (Lipinski definition) is 4. The Labute approximate surface area is 114 Å². The number of ether oxygens (including phenoxy) is 2. The second-order valence-electron chi connectivity index (χ2n) is 3.55. The first kappa shape index (κ1) is 12.7. The summed E-state index contributed by atoms with van der Waals surface area (Å²) in [6.07, 6.45) is 3.47. The minimum absolute atomic E-state index is 0.688. The average molecular weight is 309 g/mol. The van der Waals surface area contributed by atoms with Crippen LogP contribution in [-0.2, 0) is 0 Å². The summed E-state index contributed by atoms with van der Waals surface area (Å²) in [5.41, 5.74) is 1.86. The molecule has 0 aliphatic rings. The van der Waals surface area contributed by atoms with Gasteiger partial charge in [-0.3, -0.25) is 4.98 Å². The fraction of sp³-hybridized carbons (Fsp3) is 0.154. The van der Waals surface area contributed by atoms with E-state index in [0.29, 0.717) is 11.5 Å². The van der Waals surface area contributed by atoms with Gasteiger partial charge in [0.1, 0.15) is 0 Å². The molecule has 0 radical (unpaired) electrons. The van der Waals surface area contributed by atoms with Crippen LogP contribution in [0.2, 0.25) is 0 Å². The molecule has 2 aromatic rings. The predicted octanol–water partition coefficient (Wildman–Crippen LogP) is 3.60. The lowest BCUT2D eigenvalue weighted by Gasteiger charge is -2.12. The summed E-state index contributed by atoms with van der Waals surface area (Å²) in [7, 11) is 3.23. The third kappa shape index (κ3) is 2.73. The number of halogens is 1. The summed E-state index contributed by atoms with van der Waals surface area (Å²) in [6.45, 7) is 0. The number of methoxy groups -OCH3 is 2. The fourth-order valence-electron chi connectivity index (χ4n) is 1.55. The van der Waals surface area contributed by atoms with Crippen molar-refractivity contribution in [3.63, 3.8) is 0 Å². The van der Waals surface area contributed by atoms with E-state index in [1.54, 1.807) is 26.6 Å². The van der Waals surface area contributed by atoms with Crippen LogP contribution < -0.4 is 14.8 Å². The van der Waals surface area contributed by atoms with Crippen molar-refractivity contribution >= 4 is 27.3 Å². The highest BCUT2D eigenvalue weighted by Crippen LogP contribution is 2.32. The van der Waals surface area contributed by atoms with Crippen molar-refractivity contribution in [1.29, 1.82) is 0 Å². The third-order valence-electron chi connectivity index (χ3n) is 2.43. The zero-order valence-corrected chi connectivity index (χ0v) is 11.7. The first-order valence-corrected chi connectivity index (χ1v) is 6.12. The molecule has 0 spiro atoms. The van der Waals surface area contributed by atoms with Crippen LogP contribution in [0.5, 0.6) is 11.5 Å². The van der Waals surface area contributed by atoms with Gasteiger partial charge < -0.3 is 14.8 Å². The lowest BCUT2D eigenvalue weighted by molar-refractivity contribution is 0.355. The Morgan fingerprint density at radius 1 is 1.11 bits per heavy atom. The molecule has 0 bridgehead atoms. The molecule has 0 saturated carbocycles. The second-order valence-corrected chi connectivity index (χ2v) is 4.40. The Morgan fingerprint density at radius 2 is 1.89 bits per heavy atom. The molecule has 0 fully saturated rings. The van der Waals surface area contributed by atoms with Crippen molar-refractivity contribution in [2.45, 2.75) is 0 Å². The smallest absolute Gasteiger partial charge is 0.162 e. The van der Waals surface area contributed by atoms with E-state index in [0.717, 1.165) is 15.8 Å². The minimum Gasteiger partial charge on any atom is -0.493 e. The number of benzene rings is 1. The Kier molecular flexibility index (Phi) is 4.04. The van der Waals surface area contributed by atoms with Gasteiger partial charge in [0.25, 0.3) is 0 Å². The quantitative estimate of drug-likeness (QED) is 0.937. The van der Waals surface area contributed by atoms with Crippen molar-refractivity contribution in [2.24, 2.45) is 0 Å². The summed E-state index contributed by atoms with van der Waals surface area (Å²) in [5.74, 6) is 1.39. The van der Waals surface area contributed by atoms with Gasteiger partial charge in [-0.1, -0.05) is 0 Å². The molecule has 1 N–H and O–H groups in total. The summed E-state index contributed by atoms with van der Waals surface area (Å²) in [5, 5.41) is 3.28. The first-order valence-electron chi connectivity index (χ1n) is 5.33. The highest BCUT2D eigenvalue weighted by Gasteiger charge is 2.05. The van der Waals surface area contributed by atoms with Crippen molar-refractivity contribution in [2.75, 3.05) is 19.5 Å². The zero-order valence-electron chi connectivity index (χ0n) is 10.1. The van der Waals surface area contributed by atoms with Crippen molar-refractivity contribution in [3.8, 4) is 11.5 Å². The van der Waals surface area contributed by atoms with Crippen LogP contribution in [0.3, 0.4) is 0 Å². The Morgan fingerprint density at radius 3 is 2.56 bits per heavy atom. The van der Waals surface area contributed by atoms with Crippen LogP contribution in [0.1, 0.15) is 0 Å². The summed E-state index contributed by atoms with van der Waals surface area (Å²) >= 11 is 3.44. The van der Waals surface area contributed by atoms with E-state index in [-0.39, 0.29) is 0 Å². The molecule has 0 aliphatic heterocycles. The molecule has 0 amide bonds. The molecule has 0 atom stereocenters. The maximum Gasteiger partial charge on any atom is 0.162 e. The summed E-state index contributed by atoms with van der Waals surface area (Å²) in [4.78, 5) is 4.02. The molecule has 5 heteroatoms. The monoisotopic (exact) mass is 308 g/mol. The van der Waals surface area contributed by atoms with Gasteiger partial charge in [-0.25, -0.2) is 0 Å². The van der Waals surface area contributed by atoms with Crippen LogP contribution in [0.25, 0.3) is 0 Å². The predicted molar refractivity (Wildman–Crippen MR) is 74.8 cm³/mol. The van der Waals surface area contributed by atoms with Crippen molar-refractivity contribution in [3.05, 3.63) is 41.1 Å². The molecule has 2 rings (SSSR count). The summed E-state index contributed by atoms with van der Waals surface area (Å²) < 4.78 is 11.4. The fourth-order valence-corrected chi connectivity index (χ4v) is 1.90. The highest BCUT2D eigenvalue weighted by atomic mass is 79.9. The lowest BCUT2D eigenvalue weighted by Crippen LogP contribution is -1.95. The molecular formula is C13H13BrN2O2. The Balaban J connectivity index is 2.27. The van der Waals surface area contributed by atoms with E-state index in [4.69, 9.17) is 9.47 Å². The molecule has 0 aliphatic carbocycles. The average Bonchev–Trinajstić information content (AvgIpc) is 2.41. The minimum atomic E-state index is 0.688. The van der Waals surface area contributed by atoms with E-state index in [1.165, 1.54) is 0 Å². The number of pyridine rings is 1. The van der Waals surface area contributed by atoms with Gasteiger partial charge in [-0.05, 0) is 34.1 Å². The molecule has 4 nitrogen and oxygen atoms in total. The van der Waals surface area contributed by atoms with Gasteiger partial charge in [0.15, 0.2) is 11.5 Å². The topological polar surface area (TPSA) is 43.4 Å². The van der Waals surface area contributed by atoms with E-state index in [2.05, 4.69) is 26.2 Å². The number of aromatic nitrogens is 1. The van der Waals surface area contributed by atoms with Crippen LogP contribution in [0.15, 0.2) is 41.1 Å². The number of anilines is 2. The van der Waals surface area contributed by atoms with E-state index >= 15 is 0 Å². The number of nitrogens with zero attached hydrogens (tertiary/aromatic N) is 1. The molecule has 94 valence electrons. The SMILES string of the molecule is COc1ccc(Nc2ccncc2Br)cc1OC. The molecule has 0 unspecified atom stereocenters. The van der Waals surface area contributed by atoms with E-state index < -0.39 is 0 Å². The van der Waals surface area contributed by atoms with Gasteiger partial charge in [0.2, 0.25) is 0 Å². The molecular weight excluding hydrogens is 296 g/mol. The lowest BCUT2D eigenvalue weighted by atomic mass is 10.2. The third-order valence-corrected chi connectivity index (χ3v) is 3.07. The Hall–Kier alpha value is -1.75. The van der Waals surface area contributed by atoms with Gasteiger partial charge in [-0.15, -0.1) is 0 Å². The van der Waals surface area contributed by atoms with E-state index in [1.807, 2.05) is 24.3 Å². The number of rotatable bonds is 4. The van der Waals surface area contributed by atoms with Crippen molar-refractivity contribution in [1.82, 2.24) is 4.98 Å². The zero-order chi connectivity index (χ0) is 13.0. The largest absolute Gasteiger partial charge is 0.493 e. The van der Waals surface area contributed by atoms with Crippen LogP contribution in [-0.4, -0.2) is 19.2 Å². The maximum atomic E-state index is 5.26. The van der Waals surface area contributed by atoms with Gasteiger partial charge in [-0.2, -0.15) is 0 Å². The first-order chi connectivity index (χ1) is 8.74. The normalized spacial score (nSPS) is 9.94. The molecule has 0 saturated heterocycles. The van der Waals surface area contributed by atoms with Crippen LogP contribution in [0, 0.1) is 0 Å². The molecule has 1 aromatic carbocycles. The van der Waals surface area contributed by atoms with Gasteiger partial charge in [0, 0.05) is 24.1 Å². The van der Waals surface area contributed by atoms with Crippen molar-refractivity contribution < 1.29 is 9.47 Å². The summed E-state index contributed by atoms with van der Waals surface area (Å²) in [6, 6.07) is 7.55. The molecule has 1 aromatic heterocycles.